The van der Waals surface area contributed by atoms with E-state index >= 15 is 0 Å². The molecule has 0 aliphatic rings. The average Bonchev–Trinajstić information content (AvgIpc) is 2.62. The van der Waals surface area contributed by atoms with Gasteiger partial charge in [-0.25, -0.2) is 0 Å². The Balaban J connectivity index is 2.97. The molecule has 0 saturated heterocycles. The van der Waals surface area contributed by atoms with Gasteiger partial charge in [0.1, 0.15) is 0 Å². The first-order chi connectivity index (χ1) is 12.8. The molecule has 0 amide bonds. The van der Waals surface area contributed by atoms with Crippen LogP contribution in [0, 0.1) is 0 Å². The fourth-order valence-corrected chi connectivity index (χ4v) is 3.68. The predicted octanol–water partition coefficient (Wildman–Crippen LogP) is 9.23. The second-order valence-corrected chi connectivity index (χ2v) is 8.64. The lowest BCUT2D eigenvalue weighted by atomic mass is 10.0. The van der Waals surface area contributed by atoms with E-state index in [-0.39, 0.29) is 0 Å². The van der Waals surface area contributed by atoms with Gasteiger partial charge in [0.05, 0.1) is 6.10 Å². The van der Waals surface area contributed by atoms with Gasteiger partial charge in [-0.15, -0.1) is 0 Å². The van der Waals surface area contributed by atoms with E-state index in [0.29, 0.717) is 6.10 Å². The van der Waals surface area contributed by atoms with Gasteiger partial charge >= 0.3 is 0 Å². The number of hydrogen-bond acceptors (Lipinski definition) is 1. The Bertz CT molecular complexity index is 236. The molecule has 0 bridgehead atoms. The highest BCUT2D eigenvalue weighted by molar-refractivity contribution is 4.51. The lowest BCUT2D eigenvalue weighted by molar-refractivity contribution is 0.0756. The Kier molecular flexibility index (Phi) is 23.0. The molecular weight excluding hydrogens is 316 g/mol. The van der Waals surface area contributed by atoms with Crippen LogP contribution in [0.4, 0.5) is 0 Å². The van der Waals surface area contributed by atoms with Gasteiger partial charge < -0.3 is 4.74 Å². The van der Waals surface area contributed by atoms with Gasteiger partial charge in [-0.05, 0) is 20.3 Å². The second-order valence-electron chi connectivity index (χ2n) is 8.64. The van der Waals surface area contributed by atoms with Crippen LogP contribution in [0.2, 0.25) is 0 Å². The van der Waals surface area contributed by atoms with Crippen LogP contribution in [0.1, 0.15) is 149 Å². The zero-order chi connectivity index (χ0) is 19.1. The molecule has 0 aromatic rings. The van der Waals surface area contributed by atoms with Crippen LogP contribution in [0.15, 0.2) is 0 Å². The van der Waals surface area contributed by atoms with Gasteiger partial charge in [-0.3, -0.25) is 0 Å². The molecule has 1 heteroatoms. The molecule has 0 atom stereocenters. The number of rotatable bonds is 22. The molecule has 0 aliphatic carbocycles. The van der Waals surface area contributed by atoms with Crippen LogP contribution in [-0.2, 0) is 4.74 Å². The minimum absolute atomic E-state index is 0.398. The number of ether oxygens (including phenoxy) is 1. The molecule has 0 rings (SSSR count). The first-order valence-corrected chi connectivity index (χ1v) is 12.4. The van der Waals surface area contributed by atoms with Gasteiger partial charge in [0.25, 0.3) is 0 Å². The molecule has 0 saturated carbocycles. The van der Waals surface area contributed by atoms with Crippen molar-refractivity contribution in [3.63, 3.8) is 0 Å². The van der Waals surface area contributed by atoms with Crippen molar-refractivity contribution >= 4 is 0 Å². The molecule has 1 nitrogen and oxygen atoms in total. The van der Waals surface area contributed by atoms with Crippen molar-refractivity contribution < 1.29 is 4.74 Å². The molecule has 0 aromatic heterocycles. The van der Waals surface area contributed by atoms with E-state index in [4.69, 9.17) is 4.74 Å². The molecule has 0 unspecified atom stereocenters. The maximum Gasteiger partial charge on any atom is 0.0518 e. The Hall–Kier alpha value is -0.0400. The summed E-state index contributed by atoms with van der Waals surface area (Å²) in [6.45, 7) is 7.50. The predicted molar refractivity (Wildman–Crippen MR) is 119 cm³/mol. The van der Waals surface area contributed by atoms with E-state index in [1.165, 1.54) is 128 Å². The summed E-state index contributed by atoms with van der Waals surface area (Å²) in [5.74, 6) is 0. The first-order valence-electron chi connectivity index (χ1n) is 12.4. The van der Waals surface area contributed by atoms with Crippen LogP contribution >= 0.6 is 0 Å². The molecule has 0 aliphatic heterocycles. The van der Waals surface area contributed by atoms with Gasteiger partial charge in [-0.1, -0.05) is 129 Å². The highest BCUT2D eigenvalue weighted by Crippen LogP contribution is 2.14. The zero-order valence-corrected chi connectivity index (χ0v) is 18.8. The van der Waals surface area contributed by atoms with Crippen molar-refractivity contribution in [2.75, 3.05) is 6.61 Å². The average molecular weight is 369 g/mol. The largest absolute Gasteiger partial charge is 0.379 e. The Morgan fingerprint density at radius 3 is 0.962 bits per heavy atom. The molecule has 0 heterocycles. The van der Waals surface area contributed by atoms with E-state index in [2.05, 4.69) is 20.8 Å². The third-order valence-corrected chi connectivity index (χ3v) is 5.45. The van der Waals surface area contributed by atoms with Gasteiger partial charge in [0.2, 0.25) is 0 Å². The quantitative estimate of drug-likeness (QED) is 0.173. The third-order valence-electron chi connectivity index (χ3n) is 5.45. The van der Waals surface area contributed by atoms with Gasteiger partial charge in [0.15, 0.2) is 0 Å². The van der Waals surface area contributed by atoms with E-state index < -0.39 is 0 Å². The summed E-state index contributed by atoms with van der Waals surface area (Å²) < 4.78 is 5.58. The number of hydrogen-bond donors (Lipinski definition) is 0. The summed E-state index contributed by atoms with van der Waals surface area (Å²) in [6, 6.07) is 0. The fourth-order valence-electron chi connectivity index (χ4n) is 3.68. The summed E-state index contributed by atoms with van der Waals surface area (Å²) >= 11 is 0. The monoisotopic (exact) mass is 368 g/mol. The lowest BCUT2D eigenvalue weighted by Gasteiger charge is -2.07. The van der Waals surface area contributed by atoms with Crippen molar-refractivity contribution in [1.29, 1.82) is 0 Å². The lowest BCUT2D eigenvalue weighted by Crippen LogP contribution is -2.03. The SMILES string of the molecule is CCCCCCCCCCCCCCCCCCCCCCOC(C)C. The van der Waals surface area contributed by atoms with Crippen molar-refractivity contribution in [3.05, 3.63) is 0 Å². The maximum atomic E-state index is 5.58. The van der Waals surface area contributed by atoms with Crippen molar-refractivity contribution in [2.45, 2.75) is 155 Å². The minimum Gasteiger partial charge on any atom is -0.379 e. The van der Waals surface area contributed by atoms with E-state index in [1.54, 1.807) is 0 Å². The maximum absolute atomic E-state index is 5.58. The van der Waals surface area contributed by atoms with E-state index in [9.17, 15) is 0 Å². The molecule has 0 spiro atoms. The van der Waals surface area contributed by atoms with Crippen LogP contribution in [0.5, 0.6) is 0 Å². The molecule has 26 heavy (non-hydrogen) atoms. The molecule has 0 radical (unpaired) electrons. The van der Waals surface area contributed by atoms with Gasteiger partial charge in [-0.2, -0.15) is 0 Å². The summed E-state index contributed by atoms with van der Waals surface area (Å²) in [5.41, 5.74) is 0. The van der Waals surface area contributed by atoms with Crippen molar-refractivity contribution in [3.8, 4) is 0 Å². The molecular formula is C25H52O. The number of unbranched alkanes of at least 4 members (excludes halogenated alkanes) is 19. The molecule has 0 aromatic carbocycles. The fraction of sp³-hybridized carbons (Fsp3) is 1.00. The highest BCUT2D eigenvalue weighted by atomic mass is 16.5. The minimum atomic E-state index is 0.398. The van der Waals surface area contributed by atoms with Crippen molar-refractivity contribution in [1.82, 2.24) is 0 Å². The third kappa shape index (κ3) is 24.0. The smallest absolute Gasteiger partial charge is 0.0518 e. The zero-order valence-electron chi connectivity index (χ0n) is 18.8. The summed E-state index contributed by atoms with van der Waals surface area (Å²) in [6.07, 6.45) is 29.3. The second kappa shape index (κ2) is 23.0. The van der Waals surface area contributed by atoms with Crippen LogP contribution in [0.25, 0.3) is 0 Å². The molecule has 158 valence electrons. The van der Waals surface area contributed by atoms with E-state index in [1.807, 2.05) is 0 Å². The first kappa shape index (κ1) is 26.0. The Morgan fingerprint density at radius 1 is 0.423 bits per heavy atom. The van der Waals surface area contributed by atoms with Gasteiger partial charge in [0, 0.05) is 6.61 Å². The summed E-state index contributed by atoms with van der Waals surface area (Å²) in [7, 11) is 0. The summed E-state index contributed by atoms with van der Waals surface area (Å²) in [5, 5.41) is 0. The molecule has 0 fully saturated rings. The molecule has 0 N–H and O–H groups in total. The van der Waals surface area contributed by atoms with Crippen LogP contribution < -0.4 is 0 Å². The Morgan fingerprint density at radius 2 is 0.692 bits per heavy atom. The van der Waals surface area contributed by atoms with E-state index in [0.717, 1.165) is 6.61 Å². The van der Waals surface area contributed by atoms with Crippen LogP contribution in [-0.4, -0.2) is 12.7 Å². The topological polar surface area (TPSA) is 9.23 Å². The highest BCUT2D eigenvalue weighted by Gasteiger charge is 1.96. The standard InChI is InChI=1S/C25H52O/c1-4-5-6-7-8-9-10-11-12-13-14-15-16-17-18-19-20-21-22-23-24-26-25(2)3/h25H,4-24H2,1-3H3. The Labute approximate surface area is 167 Å². The van der Waals surface area contributed by atoms with Crippen molar-refractivity contribution in [2.24, 2.45) is 0 Å². The summed E-state index contributed by atoms with van der Waals surface area (Å²) in [4.78, 5) is 0. The normalized spacial score (nSPS) is 11.5. The van der Waals surface area contributed by atoms with Crippen LogP contribution in [0.3, 0.4) is 0 Å².